The summed E-state index contributed by atoms with van der Waals surface area (Å²) in [6, 6.07) is 13.5. The fourth-order valence-electron chi connectivity index (χ4n) is 2.47. The number of hydrogen-bond acceptors (Lipinski definition) is 8. The van der Waals surface area contributed by atoms with Gasteiger partial charge in [-0.15, -0.1) is 22.0 Å². The fraction of sp³-hybridized carbons (Fsp3) is 0.381. The zero-order valence-corrected chi connectivity index (χ0v) is 17.6. The van der Waals surface area contributed by atoms with Crippen LogP contribution in [0.5, 0.6) is 11.6 Å². The quantitative estimate of drug-likeness (QED) is 0.415. The molecule has 0 saturated heterocycles. The molecule has 0 atom stereocenters. The molecule has 7 nitrogen and oxygen atoms in total. The van der Waals surface area contributed by atoms with Crippen molar-refractivity contribution in [2.24, 2.45) is 0 Å². The molecule has 0 aliphatic carbocycles. The number of ether oxygens (including phenoxy) is 2. The summed E-state index contributed by atoms with van der Waals surface area (Å²) in [5.74, 6) is 4.02. The lowest BCUT2D eigenvalue weighted by atomic mass is 10.3. The molecule has 0 bridgehead atoms. The van der Waals surface area contributed by atoms with Crippen LogP contribution in [0.25, 0.3) is 11.5 Å². The van der Waals surface area contributed by atoms with Gasteiger partial charge in [0.1, 0.15) is 5.75 Å². The third-order valence-corrected chi connectivity index (χ3v) is 4.82. The second-order valence-electron chi connectivity index (χ2n) is 6.61. The first-order valence-electron chi connectivity index (χ1n) is 9.52. The summed E-state index contributed by atoms with van der Waals surface area (Å²) >= 11 is 1.69. The molecular formula is C21H26N4O3S. The Labute approximate surface area is 175 Å². The van der Waals surface area contributed by atoms with E-state index < -0.39 is 0 Å². The second kappa shape index (κ2) is 11.4. The van der Waals surface area contributed by atoms with Crippen LogP contribution in [0.15, 0.2) is 53.1 Å². The lowest BCUT2D eigenvalue weighted by molar-refractivity contribution is 0.273. The molecule has 0 radical (unpaired) electrons. The largest absolute Gasteiger partial charge is 0.493 e. The van der Waals surface area contributed by atoms with Crippen LogP contribution in [0.2, 0.25) is 0 Å². The fourth-order valence-corrected chi connectivity index (χ4v) is 3.11. The molecule has 0 unspecified atom stereocenters. The summed E-state index contributed by atoms with van der Waals surface area (Å²) in [5.41, 5.74) is 0.779. The van der Waals surface area contributed by atoms with Crippen LogP contribution in [0.4, 0.5) is 0 Å². The Bertz CT molecular complexity index is 841. The second-order valence-corrected chi connectivity index (χ2v) is 7.71. The highest BCUT2D eigenvalue weighted by atomic mass is 32.2. The van der Waals surface area contributed by atoms with Gasteiger partial charge in [-0.25, -0.2) is 4.98 Å². The van der Waals surface area contributed by atoms with Crippen LogP contribution in [-0.4, -0.2) is 59.7 Å². The van der Waals surface area contributed by atoms with E-state index in [1.54, 1.807) is 18.0 Å². The molecule has 0 N–H and O–H groups in total. The Balaban J connectivity index is 1.38. The van der Waals surface area contributed by atoms with E-state index in [4.69, 9.17) is 13.9 Å². The van der Waals surface area contributed by atoms with Gasteiger partial charge in [0.2, 0.25) is 17.7 Å². The number of pyridine rings is 1. The minimum absolute atomic E-state index is 0.466. The van der Waals surface area contributed by atoms with Crippen LogP contribution >= 0.6 is 11.8 Å². The molecule has 0 aliphatic heterocycles. The van der Waals surface area contributed by atoms with Gasteiger partial charge in [0.25, 0.3) is 0 Å². The van der Waals surface area contributed by atoms with E-state index in [2.05, 4.69) is 20.1 Å². The molecular weight excluding hydrogens is 388 g/mol. The van der Waals surface area contributed by atoms with Crippen LogP contribution in [0.3, 0.4) is 0 Å². The summed E-state index contributed by atoms with van der Waals surface area (Å²) in [6.07, 6.45) is 2.65. The summed E-state index contributed by atoms with van der Waals surface area (Å²) < 4.78 is 17.0. The topological polar surface area (TPSA) is 73.5 Å². The van der Waals surface area contributed by atoms with Crippen molar-refractivity contribution in [3.05, 3.63) is 54.6 Å². The number of rotatable bonds is 12. The predicted octanol–water partition coefficient (Wildman–Crippen LogP) is 3.77. The van der Waals surface area contributed by atoms with Gasteiger partial charge in [0, 0.05) is 24.6 Å². The average Bonchev–Trinajstić information content (AvgIpc) is 3.21. The first-order valence-corrected chi connectivity index (χ1v) is 10.7. The molecule has 8 heteroatoms. The van der Waals surface area contributed by atoms with Gasteiger partial charge in [0.05, 0.1) is 24.5 Å². The highest BCUT2D eigenvalue weighted by molar-refractivity contribution is 7.98. The SMILES string of the molecule is CN(C)CCCOc1ccc(-c2nnc(CSCCOc3ccccc3)o2)cn1. The highest BCUT2D eigenvalue weighted by Gasteiger charge is 2.09. The lowest BCUT2D eigenvalue weighted by Crippen LogP contribution is -2.15. The van der Waals surface area contributed by atoms with Crippen molar-refractivity contribution in [2.75, 3.05) is 39.6 Å². The maximum Gasteiger partial charge on any atom is 0.249 e. The molecule has 0 spiro atoms. The van der Waals surface area contributed by atoms with Crippen molar-refractivity contribution in [2.45, 2.75) is 12.2 Å². The predicted molar refractivity (Wildman–Crippen MR) is 114 cm³/mol. The highest BCUT2D eigenvalue weighted by Crippen LogP contribution is 2.21. The van der Waals surface area contributed by atoms with Crippen LogP contribution in [0.1, 0.15) is 12.3 Å². The monoisotopic (exact) mass is 414 g/mol. The first kappa shape index (κ1) is 21.1. The molecule has 154 valence electrons. The van der Waals surface area contributed by atoms with Crippen LogP contribution < -0.4 is 9.47 Å². The molecule has 0 aliphatic rings. The number of aromatic nitrogens is 3. The van der Waals surface area contributed by atoms with Crippen molar-refractivity contribution in [3.8, 4) is 23.1 Å². The van der Waals surface area contributed by atoms with Crippen molar-refractivity contribution >= 4 is 11.8 Å². The zero-order valence-electron chi connectivity index (χ0n) is 16.8. The Kier molecular flexibility index (Phi) is 8.33. The molecule has 0 amide bonds. The molecule has 1 aromatic carbocycles. The van der Waals surface area contributed by atoms with E-state index in [0.29, 0.717) is 36.6 Å². The maximum atomic E-state index is 5.73. The number of thioether (sulfide) groups is 1. The summed E-state index contributed by atoms with van der Waals surface area (Å²) in [4.78, 5) is 6.44. The zero-order chi connectivity index (χ0) is 20.3. The minimum Gasteiger partial charge on any atom is -0.493 e. The van der Waals surface area contributed by atoms with Crippen LogP contribution in [0, 0.1) is 0 Å². The van der Waals surface area contributed by atoms with Crippen molar-refractivity contribution in [3.63, 3.8) is 0 Å². The van der Waals surface area contributed by atoms with E-state index in [-0.39, 0.29) is 0 Å². The van der Waals surface area contributed by atoms with Crippen molar-refractivity contribution < 1.29 is 13.9 Å². The van der Waals surface area contributed by atoms with Gasteiger partial charge in [-0.05, 0) is 38.7 Å². The maximum absolute atomic E-state index is 5.73. The van der Waals surface area contributed by atoms with E-state index >= 15 is 0 Å². The Hall–Kier alpha value is -2.58. The summed E-state index contributed by atoms with van der Waals surface area (Å²) in [5, 5.41) is 8.22. The molecule has 3 rings (SSSR count). The van der Waals surface area contributed by atoms with Crippen molar-refractivity contribution in [1.82, 2.24) is 20.1 Å². The Morgan fingerprint density at radius 3 is 2.62 bits per heavy atom. The first-order chi connectivity index (χ1) is 14.2. The Morgan fingerprint density at radius 2 is 1.86 bits per heavy atom. The van der Waals surface area contributed by atoms with E-state index in [1.165, 1.54) is 0 Å². The van der Waals surface area contributed by atoms with Crippen molar-refractivity contribution in [1.29, 1.82) is 0 Å². The van der Waals surface area contributed by atoms with Gasteiger partial charge in [-0.2, -0.15) is 0 Å². The molecule has 0 saturated carbocycles. The smallest absolute Gasteiger partial charge is 0.249 e. The standard InChI is InChI=1S/C21H26N4O3S/c1-25(2)11-6-12-27-19-10-9-17(15-22-19)21-24-23-20(28-21)16-29-14-13-26-18-7-4-3-5-8-18/h3-5,7-10,15H,6,11-14,16H2,1-2H3. The number of para-hydroxylation sites is 1. The normalized spacial score (nSPS) is 11.0. The third kappa shape index (κ3) is 7.40. The van der Waals surface area contributed by atoms with Gasteiger partial charge >= 0.3 is 0 Å². The summed E-state index contributed by atoms with van der Waals surface area (Å²) in [6.45, 7) is 2.26. The number of benzene rings is 1. The van der Waals surface area contributed by atoms with Crippen LogP contribution in [-0.2, 0) is 5.75 Å². The average molecular weight is 415 g/mol. The van der Waals surface area contributed by atoms with E-state index in [0.717, 1.165) is 30.0 Å². The van der Waals surface area contributed by atoms with E-state index in [1.807, 2.05) is 56.6 Å². The van der Waals surface area contributed by atoms with Gasteiger partial charge in [-0.1, -0.05) is 18.2 Å². The molecule has 29 heavy (non-hydrogen) atoms. The molecule has 2 heterocycles. The molecule has 0 fully saturated rings. The lowest BCUT2D eigenvalue weighted by Gasteiger charge is -2.09. The molecule has 2 aromatic heterocycles. The number of nitrogens with zero attached hydrogens (tertiary/aromatic N) is 4. The summed E-state index contributed by atoms with van der Waals surface area (Å²) in [7, 11) is 4.09. The van der Waals surface area contributed by atoms with Gasteiger partial charge in [0.15, 0.2) is 0 Å². The Morgan fingerprint density at radius 1 is 1.00 bits per heavy atom. The van der Waals surface area contributed by atoms with Gasteiger partial charge in [-0.3, -0.25) is 0 Å². The van der Waals surface area contributed by atoms with E-state index in [9.17, 15) is 0 Å². The third-order valence-electron chi connectivity index (χ3n) is 3.91. The van der Waals surface area contributed by atoms with Gasteiger partial charge < -0.3 is 18.8 Å². The molecule has 3 aromatic rings. The number of hydrogen-bond donors (Lipinski definition) is 0. The minimum atomic E-state index is 0.466.